The number of thioether (sulfide) groups is 1. The summed E-state index contributed by atoms with van der Waals surface area (Å²) < 4.78 is 37.8. The molecule has 0 unspecified atom stereocenters. The van der Waals surface area contributed by atoms with Crippen LogP contribution in [0.3, 0.4) is 0 Å². The van der Waals surface area contributed by atoms with Crippen LogP contribution >= 0.6 is 24.0 Å². The number of hydrogen-bond donors (Lipinski definition) is 0. The van der Waals surface area contributed by atoms with Gasteiger partial charge in [0.2, 0.25) is 5.91 Å². The van der Waals surface area contributed by atoms with E-state index >= 15 is 0 Å². The zero-order valence-corrected chi connectivity index (χ0v) is 9.96. The van der Waals surface area contributed by atoms with Crippen LogP contribution in [0.4, 0.5) is 18.9 Å². The molecule has 1 aromatic rings. The number of anilines is 1. The Balaban J connectivity index is 2.40. The molecule has 0 atom stereocenters. The van der Waals surface area contributed by atoms with Crippen molar-refractivity contribution in [3.05, 3.63) is 29.8 Å². The molecule has 1 aromatic carbocycles. The maximum absolute atomic E-state index is 12.5. The van der Waals surface area contributed by atoms with E-state index in [0.717, 1.165) is 28.8 Å². The summed E-state index contributed by atoms with van der Waals surface area (Å²) in [6.45, 7) is 0. The van der Waals surface area contributed by atoms with Crippen LogP contribution in [0.25, 0.3) is 0 Å². The molecule has 2 rings (SSSR count). The van der Waals surface area contributed by atoms with E-state index in [0.29, 0.717) is 0 Å². The zero-order chi connectivity index (χ0) is 12.6. The summed E-state index contributed by atoms with van der Waals surface area (Å²) in [4.78, 5) is 12.6. The number of thiocarbonyl (C=S) groups is 1. The van der Waals surface area contributed by atoms with E-state index < -0.39 is 11.7 Å². The van der Waals surface area contributed by atoms with Crippen molar-refractivity contribution >= 4 is 39.9 Å². The van der Waals surface area contributed by atoms with Crippen LogP contribution in [0.1, 0.15) is 5.56 Å². The van der Waals surface area contributed by atoms with Gasteiger partial charge in [0.05, 0.1) is 17.0 Å². The number of amides is 1. The molecule has 1 fully saturated rings. The molecule has 0 radical (unpaired) electrons. The monoisotopic (exact) mass is 277 g/mol. The fraction of sp³-hybridized carbons (Fsp3) is 0.200. The molecule has 1 saturated heterocycles. The van der Waals surface area contributed by atoms with Crippen LogP contribution in [0.5, 0.6) is 0 Å². The molecular formula is C10H6F3NOS2. The lowest BCUT2D eigenvalue weighted by Crippen LogP contribution is -2.28. The summed E-state index contributed by atoms with van der Waals surface area (Å²) in [7, 11) is 0. The summed E-state index contributed by atoms with van der Waals surface area (Å²) in [6, 6.07) is 4.58. The third kappa shape index (κ3) is 2.44. The summed E-state index contributed by atoms with van der Waals surface area (Å²) in [6.07, 6.45) is -4.42. The Morgan fingerprint density at radius 1 is 1.35 bits per heavy atom. The summed E-state index contributed by atoms with van der Waals surface area (Å²) >= 11 is 6.07. The zero-order valence-electron chi connectivity index (χ0n) is 8.32. The number of nitrogens with zero attached hydrogens (tertiary/aromatic N) is 1. The highest BCUT2D eigenvalue weighted by Gasteiger charge is 2.33. The Labute approximate surface area is 105 Å². The first-order valence-corrected chi connectivity index (χ1v) is 5.96. The standard InChI is InChI=1S/C10H6F3NOS2/c11-10(12,13)6-2-1-3-7(4-6)14-8(15)5-17-9(14)16/h1-4H,5H2. The number of carbonyl (C=O) groups is 1. The molecule has 17 heavy (non-hydrogen) atoms. The maximum atomic E-state index is 12.5. The summed E-state index contributed by atoms with van der Waals surface area (Å²) in [5.41, 5.74) is -0.623. The molecule has 1 aliphatic heterocycles. The molecule has 0 aromatic heterocycles. The van der Waals surface area contributed by atoms with Crippen molar-refractivity contribution in [2.45, 2.75) is 6.18 Å². The van der Waals surface area contributed by atoms with E-state index in [2.05, 4.69) is 0 Å². The minimum Gasteiger partial charge on any atom is -0.273 e. The van der Waals surface area contributed by atoms with Gasteiger partial charge in [-0.25, -0.2) is 0 Å². The number of rotatable bonds is 1. The third-order valence-corrected chi connectivity index (χ3v) is 3.54. The first-order valence-electron chi connectivity index (χ1n) is 4.56. The molecule has 0 spiro atoms. The number of carbonyl (C=O) groups excluding carboxylic acids is 1. The van der Waals surface area contributed by atoms with Gasteiger partial charge in [-0.2, -0.15) is 13.2 Å². The second-order valence-corrected chi connectivity index (χ2v) is 4.94. The number of hydrogen-bond acceptors (Lipinski definition) is 3. The highest BCUT2D eigenvalue weighted by Crippen LogP contribution is 2.33. The lowest BCUT2D eigenvalue weighted by atomic mass is 10.2. The number of halogens is 3. The molecule has 0 aliphatic carbocycles. The van der Waals surface area contributed by atoms with Gasteiger partial charge in [0.25, 0.3) is 0 Å². The highest BCUT2D eigenvalue weighted by atomic mass is 32.2. The Kier molecular flexibility index (Phi) is 3.13. The SMILES string of the molecule is O=C1CSC(=S)N1c1cccc(C(F)(F)F)c1. The van der Waals surface area contributed by atoms with E-state index in [1.807, 2.05) is 0 Å². The van der Waals surface area contributed by atoms with Gasteiger partial charge < -0.3 is 0 Å². The van der Waals surface area contributed by atoms with Crippen LogP contribution in [0.15, 0.2) is 24.3 Å². The largest absolute Gasteiger partial charge is 0.416 e. The first-order chi connectivity index (χ1) is 7.89. The molecule has 7 heteroatoms. The van der Waals surface area contributed by atoms with E-state index in [9.17, 15) is 18.0 Å². The highest BCUT2D eigenvalue weighted by molar-refractivity contribution is 8.24. The molecule has 90 valence electrons. The Morgan fingerprint density at radius 3 is 2.59 bits per heavy atom. The molecule has 1 amide bonds. The van der Waals surface area contributed by atoms with Gasteiger partial charge >= 0.3 is 6.18 Å². The van der Waals surface area contributed by atoms with E-state index in [1.165, 1.54) is 12.1 Å². The van der Waals surface area contributed by atoms with Gasteiger partial charge in [-0.05, 0) is 18.2 Å². The van der Waals surface area contributed by atoms with Gasteiger partial charge in [0.1, 0.15) is 4.32 Å². The van der Waals surface area contributed by atoms with Crippen molar-refractivity contribution in [2.75, 3.05) is 10.7 Å². The molecule has 0 N–H and O–H groups in total. The predicted molar refractivity (Wildman–Crippen MR) is 64.0 cm³/mol. The van der Waals surface area contributed by atoms with E-state index in [1.54, 1.807) is 0 Å². The summed E-state index contributed by atoms with van der Waals surface area (Å²) in [5, 5.41) is 0. The van der Waals surface area contributed by atoms with Gasteiger partial charge in [0, 0.05) is 0 Å². The predicted octanol–water partition coefficient (Wildman–Crippen LogP) is 3.07. The molecule has 0 bridgehead atoms. The lowest BCUT2D eigenvalue weighted by molar-refractivity contribution is -0.137. The van der Waals surface area contributed by atoms with Gasteiger partial charge in [-0.3, -0.25) is 9.69 Å². The summed E-state index contributed by atoms with van der Waals surface area (Å²) in [5.74, 6) is -0.117. The average molecular weight is 277 g/mol. The molecule has 1 heterocycles. The van der Waals surface area contributed by atoms with Crippen molar-refractivity contribution < 1.29 is 18.0 Å². The topological polar surface area (TPSA) is 20.3 Å². The number of benzene rings is 1. The van der Waals surface area contributed by atoms with Crippen molar-refractivity contribution in [1.29, 1.82) is 0 Å². The Hall–Kier alpha value is -1.08. The van der Waals surface area contributed by atoms with Crippen molar-refractivity contribution in [1.82, 2.24) is 0 Å². The van der Waals surface area contributed by atoms with E-state index in [-0.39, 0.29) is 21.7 Å². The minimum atomic E-state index is -4.42. The van der Waals surface area contributed by atoms with Crippen molar-refractivity contribution in [3.8, 4) is 0 Å². The molecule has 0 saturated carbocycles. The van der Waals surface area contributed by atoms with Crippen molar-refractivity contribution in [2.24, 2.45) is 0 Å². The molecular weight excluding hydrogens is 271 g/mol. The maximum Gasteiger partial charge on any atom is 0.416 e. The smallest absolute Gasteiger partial charge is 0.273 e. The number of alkyl halides is 3. The van der Waals surface area contributed by atoms with Crippen LogP contribution in [0.2, 0.25) is 0 Å². The molecule has 1 aliphatic rings. The third-order valence-electron chi connectivity index (χ3n) is 2.18. The lowest BCUT2D eigenvalue weighted by Gasteiger charge is -2.16. The Bertz CT molecular complexity index is 471. The average Bonchev–Trinajstić information content (AvgIpc) is 2.57. The van der Waals surface area contributed by atoms with Crippen LogP contribution in [-0.4, -0.2) is 16.0 Å². The minimum absolute atomic E-state index is 0.167. The quantitative estimate of drug-likeness (QED) is 0.736. The van der Waals surface area contributed by atoms with Gasteiger partial charge in [0.15, 0.2) is 0 Å². The fourth-order valence-corrected chi connectivity index (χ4v) is 2.52. The van der Waals surface area contributed by atoms with Crippen molar-refractivity contribution in [3.63, 3.8) is 0 Å². The Morgan fingerprint density at radius 2 is 2.06 bits per heavy atom. The van der Waals surface area contributed by atoms with Crippen LogP contribution in [0, 0.1) is 0 Å². The van der Waals surface area contributed by atoms with E-state index in [4.69, 9.17) is 12.2 Å². The fourth-order valence-electron chi connectivity index (χ4n) is 1.43. The normalized spacial score (nSPS) is 16.8. The second kappa shape index (κ2) is 4.30. The van der Waals surface area contributed by atoms with Crippen LogP contribution < -0.4 is 4.90 Å². The second-order valence-electron chi connectivity index (χ2n) is 3.33. The van der Waals surface area contributed by atoms with Gasteiger partial charge in [-0.15, -0.1) is 0 Å². The molecule has 2 nitrogen and oxygen atoms in total. The van der Waals surface area contributed by atoms with Gasteiger partial charge in [-0.1, -0.05) is 30.0 Å². The first kappa shape index (κ1) is 12.4. The van der Waals surface area contributed by atoms with Crippen LogP contribution in [-0.2, 0) is 11.0 Å².